The number of hydrogen-bond acceptors (Lipinski definition) is 3. The van der Waals surface area contributed by atoms with Gasteiger partial charge in [0.15, 0.2) is 0 Å². The molecule has 1 aromatic carbocycles. The first-order valence-electron chi connectivity index (χ1n) is 6.77. The van der Waals surface area contributed by atoms with Gasteiger partial charge in [0.1, 0.15) is 5.82 Å². The molecule has 0 bridgehead atoms. The number of imidazole rings is 1. The fraction of sp³-hybridized carbons (Fsp3) is 0.400. The van der Waals surface area contributed by atoms with Crippen molar-refractivity contribution >= 4 is 11.4 Å². The van der Waals surface area contributed by atoms with Crippen molar-refractivity contribution in [3.8, 4) is 0 Å². The predicted molar refractivity (Wildman–Crippen MR) is 80.3 cm³/mol. The summed E-state index contributed by atoms with van der Waals surface area (Å²) in [5.74, 6) is 1.12. The third kappa shape index (κ3) is 3.50. The molecule has 102 valence electrons. The molecule has 2 aromatic rings. The van der Waals surface area contributed by atoms with Crippen molar-refractivity contribution in [1.82, 2.24) is 9.55 Å². The first kappa shape index (κ1) is 13.5. The number of hydrogen-bond donors (Lipinski definition) is 1. The molecule has 2 N–H and O–H groups in total. The quantitative estimate of drug-likeness (QED) is 0.810. The molecule has 0 aliphatic carbocycles. The predicted octanol–water partition coefficient (Wildman–Crippen LogP) is 2.46. The van der Waals surface area contributed by atoms with Gasteiger partial charge < -0.3 is 15.2 Å². The van der Waals surface area contributed by atoms with Crippen LogP contribution in [-0.4, -0.2) is 22.6 Å². The average Bonchev–Trinajstić information content (AvgIpc) is 2.80. The summed E-state index contributed by atoms with van der Waals surface area (Å²) < 4.78 is 2.07. The van der Waals surface area contributed by atoms with E-state index in [2.05, 4.69) is 27.4 Å². The number of nitrogen functional groups attached to an aromatic ring is 1. The molecule has 0 spiro atoms. The third-order valence-electron chi connectivity index (χ3n) is 3.26. The van der Waals surface area contributed by atoms with Crippen LogP contribution >= 0.6 is 0 Å². The van der Waals surface area contributed by atoms with Crippen LogP contribution < -0.4 is 10.6 Å². The second kappa shape index (κ2) is 6.27. The minimum absolute atomic E-state index is 0.815. The molecule has 1 aromatic heterocycles. The van der Waals surface area contributed by atoms with Gasteiger partial charge in [0.25, 0.3) is 0 Å². The van der Waals surface area contributed by atoms with Gasteiger partial charge in [-0.2, -0.15) is 0 Å². The number of nitrogens with two attached hydrogens (primary N) is 1. The van der Waals surface area contributed by atoms with E-state index in [1.165, 1.54) is 5.69 Å². The SMILES string of the molecule is CCCN(CCc1nccn1C)c1cccc(N)c1. The van der Waals surface area contributed by atoms with E-state index in [0.717, 1.165) is 37.4 Å². The Morgan fingerprint density at radius 2 is 2.16 bits per heavy atom. The van der Waals surface area contributed by atoms with Crippen LogP contribution in [0, 0.1) is 0 Å². The van der Waals surface area contributed by atoms with Crippen molar-refractivity contribution in [2.75, 3.05) is 23.7 Å². The van der Waals surface area contributed by atoms with Crippen LogP contribution in [0.15, 0.2) is 36.7 Å². The Labute approximate surface area is 114 Å². The molecule has 0 unspecified atom stereocenters. The van der Waals surface area contributed by atoms with Crippen LogP contribution in [0.25, 0.3) is 0 Å². The molecule has 4 heteroatoms. The van der Waals surface area contributed by atoms with Gasteiger partial charge in [-0.15, -0.1) is 0 Å². The van der Waals surface area contributed by atoms with E-state index >= 15 is 0 Å². The lowest BCUT2D eigenvalue weighted by molar-refractivity contribution is 0.711. The third-order valence-corrected chi connectivity index (χ3v) is 3.26. The molecule has 19 heavy (non-hydrogen) atoms. The van der Waals surface area contributed by atoms with Gasteiger partial charge in [-0.1, -0.05) is 13.0 Å². The molecule has 0 saturated heterocycles. The van der Waals surface area contributed by atoms with Gasteiger partial charge in [-0.3, -0.25) is 0 Å². The van der Waals surface area contributed by atoms with Crippen molar-refractivity contribution in [1.29, 1.82) is 0 Å². The van der Waals surface area contributed by atoms with Crippen LogP contribution in [0.3, 0.4) is 0 Å². The summed E-state index contributed by atoms with van der Waals surface area (Å²) in [6, 6.07) is 8.08. The molecule has 0 fully saturated rings. The molecule has 1 heterocycles. The Kier molecular flexibility index (Phi) is 4.44. The van der Waals surface area contributed by atoms with Gasteiger partial charge in [0, 0.05) is 50.3 Å². The Morgan fingerprint density at radius 3 is 2.79 bits per heavy atom. The van der Waals surface area contributed by atoms with Gasteiger partial charge in [0.2, 0.25) is 0 Å². The van der Waals surface area contributed by atoms with Crippen molar-refractivity contribution < 1.29 is 0 Å². The largest absolute Gasteiger partial charge is 0.399 e. The zero-order chi connectivity index (χ0) is 13.7. The number of benzene rings is 1. The van der Waals surface area contributed by atoms with Gasteiger partial charge >= 0.3 is 0 Å². The zero-order valence-corrected chi connectivity index (χ0v) is 11.7. The van der Waals surface area contributed by atoms with Crippen LogP contribution in [0.4, 0.5) is 11.4 Å². The van der Waals surface area contributed by atoms with Crippen molar-refractivity contribution in [2.45, 2.75) is 19.8 Å². The average molecular weight is 258 g/mol. The maximum atomic E-state index is 5.86. The first-order valence-corrected chi connectivity index (χ1v) is 6.77. The lowest BCUT2D eigenvalue weighted by Crippen LogP contribution is -2.27. The molecule has 4 nitrogen and oxygen atoms in total. The first-order chi connectivity index (χ1) is 9.20. The normalized spacial score (nSPS) is 10.6. The van der Waals surface area contributed by atoms with E-state index in [9.17, 15) is 0 Å². The Morgan fingerprint density at radius 1 is 1.32 bits per heavy atom. The van der Waals surface area contributed by atoms with Crippen LogP contribution in [0.1, 0.15) is 19.2 Å². The Bertz CT molecular complexity index is 518. The van der Waals surface area contributed by atoms with E-state index < -0.39 is 0 Å². The standard InChI is InChI=1S/C15H22N4/c1-3-9-19(14-6-4-5-13(16)12-14)10-7-15-17-8-11-18(15)2/h4-6,8,11-12H,3,7,9-10,16H2,1-2H3. The highest BCUT2D eigenvalue weighted by atomic mass is 15.1. The maximum absolute atomic E-state index is 5.86. The van der Waals surface area contributed by atoms with Gasteiger partial charge in [0.05, 0.1) is 0 Å². The molecule has 0 saturated carbocycles. The fourth-order valence-corrected chi connectivity index (χ4v) is 2.23. The van der Waals surface area contributed by atoms with Crippen LogP contribution in [0.5, 0.6) is 0 Å². The number of rotatable bonds is 6. The number of aryl methyl sites for hydroxylation is 1. The molecule has 0 atom stereocenters. The summed E-state index contributed by atoms with van der Waals surface area (Å²) in [6.45, 7) is 4.19. The summed E-state index contributed by atoms with van der Waals surface area (Å²) in [5, 5.41) is 0. The van der Waals surface area contributed by atoms with Crippen LogP contribution in [0.2, 0.25) is 0 Å². The summed E-state index contributed by atoms with van der Waals surface area (Å²) in [6.07, 6.45) is 5.90. The van der Waals surface area contributed by atoms with Gasteiger partial charge in [-0.05, 0) is 24.6 Å². The summed E-state index contributed by atoms with van der Waals surface area (Å²) in [5.41, 5.74) is 7.87. The lowest BCUT2D eigenvalue weighted by atomic mass is 10.2. The van der Waals surface area contributed by atoms with E-state index in [-0.39, 0.29) is 0 Å². The zero-order valence-electron chi connectivity index (χ0n) is 11.7. The summed E-state index contributed by atoms with van der Waals surface area (Å²) in [7, 11) is 2.03. The summed E-state index contributed by atoms with van der Waals surface area (Å²) in [4.78, 5) is 6.74. The minimum atomic E-state index is 0.815. The van der Waals surface area contributed by atoms with E-state index in [1.54, 1.807) is 0 Å². The monoisotopic (exact) mass is 258 g/mol. The van der Waals surface area contributed by atoms with E-state index in [1.807, 2.05) is 37.6 Å². The second-order valence-electron chi connectivity index (χ2n) is 4.79. The number of nitrogens with zero attached hydrogens (tertiary/aromatic N) is 3. The number of anilines is 2. The highest BCUT2D eigenvalue weighted by Gasteiger charge is 2.08. The lowest BCUT2D eigenvalue weighted by Gasteiger charge is -2.24. The van der Waals surface area contributed by atoms with Crippen molar-refractivity contribution in [3.05, 3.63) is 42.5 Å². The molecule has 2 rings (SSSR count). The fourth-order valence-electron chi connectivity index (χ4n) is 2.23. The van der Waals surface area contributed by atoms with Crippen molar-refractivity contribution in [2.24, 2.45) is 7.05 Å². The summed E-state index contributed by atoms with van der Waals surface area (Å²) >= 11 is 0. The smallest absolute Gasteiger partial charge is 0.110 e. The second-order valence-corrected chi connectivity index (χ2v) is 4.79. The molecule has 0 aliphatic rings. The highest BCUT2D eigenvalue weighted by Crippen LogP contribution is 2.18. The minimum Gasteiger partial charge on any atom is -0.399 e. The van der Waals surface area contributed by atoms with E-state index in [0.29, 0.717) is 0 Å². The molecule has 0 aliphatic heterocycles. The number of aromatic nitrogens is 2. The Hall–Kier alpha value is -1.97. The molecule has 0 amide bonds. The highest BCUT2D eigenvalue weighted by molar-refractivity contribution is 5.55. The molecular weight excluding hydrogens is 236 g/mol. The molecular formula is C15H22N4. The Balaban J connectivity index is 2.06. The maximum Gasteiger partial charge on any atom is 0.110 e. The van der Waals surface area contributed by atoms with Crippen molar-refractivity contribution in [3.63, 3.8) is 0 Å². The topological polar surface area (TPSA) is 47.1 Å². The van der Waals surface area contributed by atoms with E-state index in [4.69, 9.17) is 5.73 Å². The van der Waals surface area contributed by atoms with Crippen LogP contribution in [-0.2, 0) is 13.5 Å². The van der Waals surface area contributed by atoms with Gasteiger partial charge in [-0.25, -0.2) is 4.98 Å². The molecule has 0 radical (unpaired) electrons.